The number of β-amino-alcohol motifs (C(OH)–C–C–N with tert-alkyl or cyclic N) is 1. The molecular formula is C18H35N3O3. The number of piperidine rings is 1. The number of aliphatic hydroxyl groups excluding tert-OH is 1. The maximum Gasteiger partial charge on any atom is 0.229 e. The van der Waals surface area contributed by atoms with Crippen LogP contribution >= 0.6 is 0 Å². The number of aliphatic hydroxyl groups is 1. The largest absolute Gasteiger partial charge is 0.392 e. The molecule has 24 heavy (non-hydrogen) atoms. The Bertz CT molecular complexity index is 389. The summed E-state index contributed by atoms with van der Waals surface area (Å²) in [5.74, 6) is 0.842. The normalized spacial score (nSPS) is 27.3. The molecule has 0 saturated carbocycles. The van der Waals surface area contributed by atoms with Gasteiger partial charge in [0.05, 0.1) is 11.5 Å². The van der Waals surface area contributed by atoms with Gasteiger partial charge in [-0.05, 0) is 58.2 Å². The van der Waals surface area contributed by atoms with Crippen molar-refractivity contribution in [1.82, 2.24) is 15.1 Å². The molecule has 2 rings (SSSR count). The quantitative estimate of drug-likeness (QED) is 0.675. The van der Waals surface area contributed by atoms with E-state index in [-0.39, 0.29) is 17.4 Å². The molecule has 0 bridgehead atoms. The second kappa shape index (κ2) is 9.13. The Morgan fingerprint density at radius 2 is 2.17 bits per heavy atom. The van der Waals surface area contributed by atoms with Crippen LogP contribution in [0.3, 0.4) is 0 Å². The van der Waals surface area contributed by atoms with Crippen molar-refractivity contribution >= 4 is 5.91 Å². The molecule has 2 fully saturated rings. The number of ether oxygens (including phenoxy) is 1. The summed E-state index contributed by atoms with van der Waals surface area (Å²) in [6.45, 7) is 7.81. The van der Waals surface area contributed by atoms with Crippen molar-refractivity contribution in [2.45, 2.75) is 38.7 Å². The van der Waals surface area contributed by atoms with Crippen LogP contribution in [-0.4, -0.2) is 87.0 Å². The number of hydrogen-bond donors (Lipinski definition) is 2. The highest BCUT2D eigenvalue weighted by Crippen LogP contribution is 2.32. The fraction of sp³-hybridized carbons (Fsp3) is 0.944. The molecule has 1 amide bonds. The van der Waals surface area contributed by atoms with E-state index in [1.54, 1.807) is 7.11 Å². The molecule has 2 heterocycles. The maximum atomic E-state index is 13.0. The van der Waals surface area contributed by atoms with Gasteiger partial charge in [0.25, 0.3) is 0 Å². The van der Waals surface area contributed by atoms with Gasteiger partial charge in [-0.1, -0.05) is 0 Å². The highest BCUT2D eigenvalue weighted by molar-refractivity contribution is 5.83. The molecular weight excluding hydrogens is 306 g/mol. The molecule has 2 atom stereocenters. The lowest BCUT2D eigenvalue weighted by molar-refractivity contribution is -0.141. The molecule has 0 aromatic heterocycles. The molecule has 2 saturated heterocycles. The molecule has 0 aromatic carbocycles. The van der Waals surface area contributed by atoms with Crippen LogP contribution in [0.5, 0.6) is 0 Å². The minimum atomic E-state index is -0.280. The van der Waals surface area contributed by atoms with Crippen LogP contribution in [-0.2, 0) is 9.53 Å². The van der Waals surface area contributed by atoms with E-state index in [0.717, 1.165) is 65.0 Å². The van der Waals surface area contributed by atoms with E-state index in [4.69, 9.17) is 4.74 Å². The molecule has 0 spiro atoms. The van der Waals surface area contributed by atoms with Crippen LogP contribution in [0.25, 0.3) is 0 Å². The average molecular weight is 341 g/mol. The van der Waals surface area contributed by atoms with E-state index in [1.165, 1.54) is 0 Å². The number of amides is 1. The van der Waals surface area contributed by atoms with E-state index in [0.29, 0.717) is 12.5 Å². The third-order valence-electron chi connectivity index (χ3n) is 5.59. The van der Waals surface area contributed by atoms with Gasteiger partial charge in [-0.2, -0.15) is 0 Å². The predicted molar refractivity (Wildman–Crippen MR) is 94.9 cm³/mol. The lowest BCUT2D eigenvalue weighted by atomic mass is 9.82. The van der Waals surface area contributed by atoms with E-state index >= 15 is 0 Å². The highest BCUT2D eigenvalue weighted by atomic mass is 16.5. The van der Waals surface area contributed by atoms with Crippen LogP contribution in [0.4, 0.5) is 0 Å². The van der Waals surface area contributed by atoms with Gasteiger partial charge in [-0.15, -0.1) is 0 Å². The van der Waals surface area contributed by atoms with E-state index in [2.05, 4.69) is 10.2 Å². The summed E-state index contributed by atoms with van der Waals surface area (Å²) in [7, 11) is 3.66. The molecule has 2 N–H and O–H groups in total. The third-order valence-corrected chi connectivity index (χ3v) is 5.59. The van der Waals surface area contributed by atoms with Crippen molar-refractivity contribution in [3.63, 3.8) is 0 Å². The first-order valence-electron chi connectivity index (χ1n) is 9.32. The van der Waals surface area contributed by atoms with Gasteiger partial charge in [0, 0.05) is 40.4 Å². The first kappa shape index (κ1) is 19.6. The van der Waals surface area contributed by atoms with Crippen molar-refractivity contribution in [1.29, 1.82) is 0 Å². The topological polar surface area (TPSA) is 65.0 Å². The summed E-state index contributed by atoms with van der Waals surface area (Å²) in [6.07, 6.45) is 3.65. The number of rotatable bonds is 8. The van der Waals surface area contributed by atoms with Crippen molar-refractivity contribution in [3.8, 4) is 0 Å². The van der Waals surface area contributed by atoms with Crippen molar-refractivity contribution in [2.75, 3.05) is 60.0 Å². The number of carbonyl (C=O) groups is 1. The summed E-state index contributed by atoms with van der Waals surface area (Å²) in [4.78, 5) is 17.3. The van der Waals surface area contributed by atoms with Gasteiger partial charge in [0.15, 0.2) is 0 Å². The second-order valence-electron chi connectivity index (χ2n) is 7.73. The zero-order valence-corrected chi connectivity index (χ0v) is 15.6. The monoisotopic (exact) mass is 341 g/mol. The molecule has 6 nitrogen and oxygen atoms in total. The Morgan fingerprint density at radius 1 is 1.46 bits per heavy atom. The van der Waals surface area contributed by atoms with Crippen LogP contribution in [0, 0.1) is 11.3 Å². The first-order valence-corrected chi connectivity index (χ1v) is 9.32. The van der Waals surface area contributed by atoms with Crippen LogP contribution in [0.2, 0.25) is 0 Å². The fourth-order valence-corrected chi connectivity index (χ4v) is 4.14. The number of hydrogen-bond acceptors (Lipinski definition) is 5. The first-order chi connectivity index (χ1) is 11.5. The number of carbonyl (C=O) groups excluding carboxylic acids is 1. The predicted octanol–water partition coefficient (Wildman–Crippen LogP) is 0.554. The Kier molecular flexibility index (Phi) is 7.47. The second-order valence-corrected chi connectivity index (χ2v) is 7.73. The standard InChI is InChI=1S/C18H35N3O3/c1-15(22)12-21-9-4-16(5-10-21)13-20(2)17(23)18(7-11-24-3)6-8-19-14-18/h15-16,19,22H,4-14H2,1-3H3. The minimum Gasteiger partial charge on any atom is -0.392 e. The van der Waals surface area contributed by atoms with Crippen molar-refractivity contribution < 1.29 is 14.6 Å². The highest BCUT2D eigenvalue weighted by Gasteiger charge is 2.42. The molecule has 2 unspecified atom stereocenters. The maximum absolute atomic E-state index is 13.0. The zero-order valence-electron chi connectivity index (χ0n) is 15.6. The molecule has 0 radical (unpaired) electrons. The smallest absolute Gasteiger partial charge is 0.229 e. The third kappa shape index (κ3) is 5.15. The Balaban J connectivity index is 1.83. The molecule has 140 valence electrons. The molecule has 0 aromatic rings. The lowest BCUT2D eigenvalue weighted by Crippen LogP contribution is -2.47. The van der Waals surface area contributed by atoms with Crippen LogP contribution < -0.4 is 5.32 Å². The Morgan fingerprint density at radius 3 is 2.71 bits per heavy atom. The van der Waals surface area contributed by atoms with Crippen molar-refractivity contribution in [3.05, 3.63) is 0 Å². The number of methoxy groups -OCH3 is 1. The number of nitrogens with one attached hydrogen (secondary N) is 1. The van der Waals surface area contributed by atoms with Gasteiger partial charge >= 0.3 is 0 Å². The van der Waals surface area contributed by atoms with E-state index in [1.807, 2.05) is 18.9 Å². The summed E-state index contributed by atoms with van der Waals surface area (Å²) in [6, 6.07) is 0. The van der Waals surface area contributed by atoms with Crippen molar-refractivity contribution in [2.24, 2.45) is 11.3 Å². The average Bonchev–Trinajstić information content (AvgIpc) is 3.03. The zero-order chi connectivity index (χ0) is 17.6. The lowest BCUT2D eigenvalue weighted by Gasteiger charge is -2.37. The van der Waals surface area contributed by atoms with Gasteiger partial charge < -0.3 is 25.0 Å². The molecule has 0 aliphatic carbocycles. The number of nitrogens with zero attached hydrogens (tertiary/aromatic N) is 2. The fourth-order valence-electron chi connectivity index (χ4n) is 4.14. The SMILES string of the molecule is COCCC1(C(=O)N(C)CC2CCN(CC(C)O)CC2)CCNC1. The molecule has 6 heteroatoms. The van der Waals surface area contributed by atoms with E-state index in [9.17, 15) is 9.90 Å². The van der Waals surface area contributed by atoms with Gasteiger partial charge in [-0.3, -0.25) is 4.79 Å². The van der Waals surface area contributed by atoms with Crippen LogP contribution in [0.1, 0.15) is 32.6 Å². The van der Waals surface area contributed by atoms with Gasteiger partial charge in [0.1, 0.15) is 0 Å². The van der Waals surface area contributed by atoms with E-state index < -0.39 is 0 Å². The Hall–Kier alpha value is -0.690. The van der Waals surface area contributed by atoms with Gasteiger partial charge in [0.2, 0.25) is 5.91 Å². The minimum absolute atomic E-state index is 0.263. The van der Waals surface area contributed by atoms with Crippen LogP contribution in [0.15, 0.2) is 0 Å². The molecule has 2 aliphatic rings. The number of likely N-dealkylation sites (tertiary alicyclic amines) is 1. The summed E-state index contributed by atoms with van der Waals surface area (Å²) in [5, 5.41) is 12.9. The van der Waals surface area contributed by atoms with Gasteiger partial charge in [-0.25, -0.2) is 0 Å². The Labute approximate surface area is 146 Å². The summed E-state index contributed by atoms with van der Waals surface area (Å²) < 4.78 is 5.23. The summed E-state index contributed by atoms with van der Waals surface area (Å²) in [5.41, 5.74) is -0.280. The summed E-state index contributed by atoms with van der Waals surface area (Å²) >= 11 is 0. The molecule has 2 aliphatic heterocycles.